The van der Waals surface area contributed by atoms with Crippen LogP contribution in [0.15, 0.2) is 11.7 Å². The van der Waals surface area contributed by atoms with Crippen LogP contribution in [0.2, 0.25) is 0 Å². The molecule has 0 aliphatic heterocycles. The van der Waals surface area contributed by atoms with E-state index in [1.807, 2.05) is 7.05 Å². The zero-order chi connectivity index (χ0) is 13.3. The maximum Gasteiger partial charge on any atom is 0.173 e. The minimum absolute atomic E-state index is 0.00942. The number of nitrogens with zero attached hydrogens (tertiary/aromatic N) is 3. The predicted molar refractivity (Wildman–Crippen MR) is 84.1 cm³/mol. The van der Waals surface area contributed by atoms with Crippen molar-refractivity contribution in [2.45, 2.75) is 26.2 Å². The van der Waals surface area contributed by atoms with Crippen molar-refractivity contribution in [3.63, 3.8) is 0 Å². The van der Waals surface area contributed by atoms with Gasteiger partial charge in [-0.2, -0.15) is 0 Å². The van der Waals surface area contributed by atoms with Crippen molar-refractivity contribution in [2.24, 2.45) is 0 Å². The number of hydrogen-bond donors (Lipinski definition) is 1. The fraction of sp³-hybridized carbons (Fsp3) is 0.417. The van der Waals surface area contributed by atoms with Gasteiger partial charge in [-0.25, -0.2) is 9.97 Å². The molecule has 4 nitrogen and oxygen atoms in total. The first-order chi connectivity index (χ1) is 8.43. The van der Waals surface area contributed by atoms with E-state index in [9.17, 15) is 0 Å². The summed E-state index contributed by atoms with van der Waals surface area (Å²) in [6.07, 6.45) is 1.80. The fourth-order valence-electron chi connectivity index (χ4n) is 1.55. The zero-order valence-corrected chi connectivity index (χ0v) is 13.8. The molecule has 0 aliphatic rings. The van der Waals surface area contributed by atoms with Crippen molar-refractivity contribution < 1.29 is 0 Å². The van der Waals surface area contributed by atoms with Crippen LogP contribution in [0.4, 0.5) is 5.82 Å². The van der Waals surface area contributed by atoms with Crippen molar-refractivity contribution in [1.29, 1.82) is 0 Å². The van der Waals surface area contributed by atoms with Gasteiger partial charge in [-0.3, -0.25) is 4.98 Å². The molecule has 0 atom stereocenters. The summed E-state index contributed by atoms with van der Waals surface area (Å²) in [6, 6.07) is 0. The largest absolute Gasteiger partial charge is 0.372 e. The summed E-state index contributed by atoms with van der Waals surface area (Å²) in [5, 5.41) is 3.14. The lowest BCUT2D eigenvalue weighted by Gasteiger charge is -2.21. The standard InChI is InChI=1S/C12H15IN4S/c1-12(2,3)9-8(13)11(14-4)17-10(16-9)7-5-15-6-18-7/h5-6H,1-4H3,(H,14,16,17). The van der Waals surface area contributed by atoms with Gasteiger partial charge in [-0.05, 0) is 22.6 Å². The highest BCUT2D eigenvalue weighted by Crippen LogP contribution is 2.32. The number of rotatable bonds is 2. The van der Waals surface area contributed by atoms with Crippen LogP contribution in [0.25, 0.3) is 10.7 Å². The smallest absolute Gasteiger partial charge is 0.173 e. The molecule has 96 valence electrons. The molecule has 0 aliphatic carbocycles. The summed E-state index contributed by atoms with van der Waals surface area (Å²) in [6.45, 7) is 6.48. The highest BCUT2D eigenvalue weighted by atomic mass is 127. The predicted octanol–water partition coefficient (Wildman–Crippen LogP) is 3.54. The van der Waals surface area contributed by atoms with Crippen LogP contribution in [0, 0.1) is 3.57 Å². The molecule has 0 spiro atoms. The lowest BCUT2D eigenvalue weighted by Crippen LogP contribution is -2.18. The summed E-state index contributed by atoms with van der Waals surface area (Å²) in [7, 11) is 1.88. The maximum absolute atomic E-state index is 4.71. The molecule has 0 aromatic carbocycles. The highest BCUT2D eigenvalue weighted by molar-refractivity contribution is 14.1. The second-order valence-electron chi connectivity index (χ2n) is 4.92. The van der Waals surface area contributed by atoms with E-state index in [0.717, 1.165) is 25.8 Å². The van der Waals surface area contributed by atoms with Crippen LogP contribution in [0.3, 0.4) is 0 Å². The molecule has 2 heterocycles. The molecular formula is C12H15IN4S. The van der Waals surface area contributed by atoms with Gasteiger partial charge >= 0.3 is 0 Å². The lowest BCUT2D eigenvalue weighted by molar-refractivity contribution is 0.564. The first-order valence-electron chi connectivity index (χ1n) is 5.58. The minimum Gasteiger partial charge on any atom is -0.372 e. The van der Waals surface area contributed by atoms with E-state index < -0.39 is 0 Å². The Morgan fingerprint density at radius 3 is 2.50 bits per heavy atom. The molecule has 0 unspecified atom stereocenters. The van der Waals surface area contributed by atoms with Gasteiger partial charge in [0.05, 0.1) is 19.7 Å². The minimum atomic E-state index is -0.00942. The Labute approximate surface area is 124 Å². The number of nitrogens with one attached hydrogen (secondary N) is 1. The van der Waals surface area contributed by atoms with Crippen LogP contribution >= 0.6 is 33.9 Å². The SMILES string of the molecule is CNc1nc(-c2cncs2)nc(C(C)(C)C)c1I. The highest BCUT2D eigenvalue weighted by Gasteiger charge is 2.23. The van der Waals surface area contributed by atoms with Crippen LogP contribution in [-0.4, -0.2) is 22.0 Å². The van der Waals surface area contributed by atoms with Gasteiger partial charge in [0.1, 0.15) is 5.82 Å². The molecular weight excluding hydrogens is 359 g/mol. The first kappa shape index (κ1) is 13.7. The molecule has 0 fully saturated rings. The molecule has 0 bridgehead atoms. The topological polar surface area (TPSA) is 50.7 Å². The molecule has 18 heavy (non-hydrogen) atoms. The summed E-state index contributed by atoms with van der Waals surface area (Å²) in [4.78, 5) is 14.3. The maximum atomic E-state index is 4.71. The van der Waals surface area contributed by atoms with E-state index in [-0.39, 0.29) is 5.41 Å². The molecule has 0 saturated carbocycles. The Kier molecular flexibility index (Phi) is 3.86. The van der Waals surface area contributed by atoms with Crippen molar-refractivity contribution in [3.05, 3.63) is 21.0 Å². The average Bonchev–Trinajstić information content (AvgIpc) is 2.81. The fourth-order valence-corrected chi connectivity index (χ4v) is 3.42. The molecule has 6 heteroatoms. The Morgan fingerprint density at radius 2 is 2.00 bits per heavy atom. The van der Waals surface area contributed by atoms with Gasteiger partial charge in [0.25, 0.3) is 0 Å². The van der Waals surface area contributed by atoms with E-state index in [0.29, 0.717) is 0 Å². The lowest BCUT2D eigenvalue weighted by atomic mass is 9.92. The second kappa shape index (κ2) is 5.08. The quantitative estimate of drug-likeness (QED) is 0.817. The Bertz CT molecular complexity index is 546. The second-order valence-corrected chi connectivity index (χ2v) is 6.89. The molecule has 2 aromatic heterocycles. The number of hydrogen-bond acceptors (Lipinski definition) is 5. The molecule has 0 radical (unpaired) electrons. The van der Waals surface area contributed by atoms with E-state index in [1.165, 1.54) is 0 Å². The Hall–Kier alpha value is -0.760. The molecule has 2 aromatic rings. The summed E-state index contributed by atoms with van der Waals surface area (Å²) in [5.41, 5.74) is 2.85. The van der Waals surface area contributed by atoms with Crippen molar-refractivity contribution >= 4 is 39.7 Å². The Balaban J connectivity index is 2.64. The van der Waals surface area contributed by atoms with Gasteiger partial charge in [-0.15, -0.1) is 11.3 Å². The van der Waals surface area contributed by atoms with Crippen LogP contribution in [-0.2, 0) is 5.41 Å². The van der Waals surface area contributed by atoms with Crippen LogP contribution in [0.5, 0.6) is 0 Å². The van der Waals surface area contributed by atoms with E-state index >= 15 is 0 Å². The van der Waals surface area contributed by atoms with Crippen LogP contribution in [0.1, 0.15) is 26.5 Å². The van der Waals surface area contributed by atoms with E-state index in [1.54, 1.807) is 23.0 Å². The molecule has 1 N–H and O–H groups in total. The summed E-state index contributed by atoms with van der Waals surface area (Å²) >= 11 is 3.86. The van der Waals surface area contributed by atoms with Gasteiger partial charge < -0.3 is 5.32 Å². The molecule has 0 amide bonds. The van der Waals surface area contributed by atoms with Crippen molar-refractivity contribution in [2.75, 3.05) is 12.4 Å². The third kappa shape index (κ3) is 2.64. The number of halogens is 1. The normalized spacial score (nSPS) is 11.6. The number of anilines is 1. The Morgan fingerprint density at radius 1 is 1.28 bits per heavy atom. The van der Waals surface area contributed by atoms with Gasteiger partial charge in [0.15, 0.2) is 5.82 Å². The van der Waals surface area contributed by atoms with Gasteiger partial charge in [-0.1, -0.05) is 20.8 Å². The summed E-state index contributed by atoms with van der Waals surface area (Å²) in [5.74, 6) is 1.62. The molecule has 0 saturated heterocycles. The third-order valence-corrected chi connectivity index (χ3v) is 4.24. The van der Waals surface area contributed by atoms with Crippen LogP contribution < -0.4 is 5.32 Å². The van der Waals surface area contributed by atoms with Crippen molar-refractivity contribution in [1.82, 2.24) is 15.0 Å². The first-order valence-corrected chi connectivity index (χ1v) is 7.54. The third-order valence-electron chi connectivity index (χ3n) is 2.45. The van der Waals surface area contributed by atoms with Crippen molar-refractivity contribution in [3.8, 4) is 10.7 Å². The number of thiazole rings is 1. The molecule has 2 rings (SSSR count). The zero-order valence-electron chi connectivity index (χ0n) is 10.8. The summed E-state index contributed by atoms with van der Waals surface area (Å²) < 4.78 is 1.08. The number of aromatic nitrogens is 3. The monoisotopic (exact) mass is 374 g/mol. The van der Waals surface area contributed by atoms with Gasteiger partial charge in [0.2, 0.25) is 0 Å². The average molecular weight is 374 g/mol. The van der Waals surface area contributed by atoms with E-state index in [4.69, 9.17) is 4.98 Å². The van der Waals surface area contributed by atoms with Gasteiger partial charge in [0, 0.05) is 18.7 Å². The van der Waals surface area contributed by atoms with E-state index in [2.05, 4.69) is 58.6 Å².